The van der Waals surface area contributed by atoms with E-state index in [9.17, 15) is 18.4 Å². The van der Waals surface area contributed by atoms with Crippen molar-refractivity contribution in [3.63, 3.8) is 0 Å². The van der Waals surface area contributed by atoms with Gasteiger partial charge in [-0.15, -0.1) is 0 Å². The minimum atomic E-state index is -0.965. The fourth-order valence-corrected chi connectivity index (χ4v) is 5.11. The van der Waals surface area contributed by atoms with Crippen LogP contribution in [-0.2, 0) is 0 Å². The van der Waals surface area contributed by atoms with E-state index in [2.05, 4.69) is 39.7 Å². The molecule has 2 aromatic carbocycles. The number of amides is 1. The molecule has 11 heteroatoms. The molecule has 194 valence electrons. The van der Waals surface area contributed by atoms with Gasteiger partial charge in [0.25, 0.3) is 5.91 Å². The van der Waals surface area contributed by atoms with Crippen molar-refractivity contribution < 1.29 is 21.2 Å². The van der Waals surface area contributed by atoms with Gasteiger partial charge in [-0.25, -0.2) is 13.8 Å². The average Bonchev–Trinajstić information content (AvgIpc) is 3.18. The van der Waals surface area contributed by atoms with Crippen LogP contribution in [0.4, 0.5) is 25.4 Å². The van der Waals surface area contributed by atoms with E-state index in [0.717, 1.165) is 43.1 Å². The van der Waals surface area contributed by atoms with Crippen molar-refractivity contribution in [1.82, 2.24) is 20.5 Å². The Morgan fingerprint density at radius 2 is 1.78 bits per heavy atom. The molecule has 1 fully saturated rings. The van der Waals surface area contributed by atoms with Crippen LogP contribution in [0.5, 0.6) is 0 Å². The van der Waals surface area contributed by atoms with E-state index in [1.54, 1.807) is 24.3 Å². The number of hydrogen-bond donors (Lipinski definition) is 4. The molecule has 2 atom stereocenters. The molecule has 0 spiro atoms. The van der Waals surface area contributed by atoms with Gasteiger partial charge in [0.15, 0.2) is 5.13 Å². The first-order valence-electron chi connectivity index (χ1n) is 11.6. The maximum atomic E-state index is 14.0. The third-order valence-electron chi connectivity index (χ3n) is 5.79. The first-order valence-corrected chi connectivity index (χ1v) is 12.4. The Balaban J connectivity index is 0.00000253. The first kappa shape index (κ1) is 25.7. The van der Waals surface area contributed by atoms with Crippen molar-refractivity contribution in [2.45, 2.75) is 25.9 Å². The van der Waals surface area contributed by atoms with Gasteiger partial charge in [-0.1, -0.05) is 17.4 Å². The van der Waals surface area contributed by atoms with Gasteiger partial charge in [-0.3, -0.25) is 14.5 Å². The fourth-order valence-electron chi connectivity index (χ4n) is 4.26. The number of nitrogens with zero attached hydrogens (tertiary/aromatic N) is 2. The van der Waals surface area contributed by atoms with Crippen LogP contribution in [0.1, 0.15) is 42.3 Å². The van der Waals surface area contributed by atoms with Crippen LogP contribution in [-0.4, -0.2) is 59.8 Å². The molecule has 0 aliphatic carbocycles. The number of carbonyl (C=O) groups excluding carboxylic acids is 2. The van der Waals surface area contributed by atoms with E-state index in [1.165, 1.54) is 6.07 Å². The second-order valence-corrected chi connectivity index (χ2v) is 9.84. The number of aromatic nitrogens is 1. The Labute approximate surface area is 214 Å². The smallest absolute Gasteiger partial charge is 0.251 e. The van der Waals surface area contributed by atoms with Crippen molar-refractivity contribution in [3.8, 4) is 0 Å². The van der Waals surface area contributed by atoms with Crippen LogP contribution in [0.15, 0.2) is 42.5 Å². The number of benzene rings is 2. The zero-order valence-corrected chi connectivity index (χ0v) is 20.8. The molecular weight excluding hydrogens is 486 g/mol. The van der Waals surface area contributed by atoms with Crippen LogP contribution in [0.2, 0.25) is 0 Å². The quantitative estimate of drug-likeness (QED) is 0.335. The molecule has 1 aliphatic rings. The highest BCUT2D eigenvalue weighted by atomic mass is 32.1. The highest BCUT2D eigenvalue weighted by Gasteiger charge is 2.24. The summed E-state index contributed by atoms with van der Waals surface area (Å²) in [5.41, 5.74) is 6.29. The van der Waals surface area contributed by atoms with Gasteiger partial charge in [0.2, 0.25) is 5.78 Å². The number of rotatable bonds is 8. The van der Waals surface area contributed by atoms with Crippen molar-refractivity contribution in [2.24, 2.45) is 0 Å². The van der Waals surface area contributed by atoms with Crippen LogP contribution in [0.25, 0.3) is 0 Å². The summed E-state index contributed by atoms with van der Waals surface area (Å²) in [5, 5.41) is 9.72. The molecule has 1 aliphatic heterocycles. The van der Waals surface area contributed by atoms with E-state index < -0.39 is 23.0 Å². The molecule has 1 aromatic heterocycles. The largest absolute Gasteiger partial charge is 0.382 e. The third kappa shape index (κ3) is 6.04. The zero-order chi connectivity index (χ0) is 25.8. The zero-order valence-electron chi connectivity index (χ0n) is 20.0. The lowest BCUT2D eigenvalue weighted by atomic mass is 10.1. The first-order chi connectivity index (χ1) is 17.2. The molecule has 3 aromatic rings. The topological polar surface area (TPSA) is 112 Å². The van der Waals surface area contributed by atoms with E-state index in [0.29, 0.717) is 29.9 Å². The highest BCUT2D eigenvalue weighted by Crippen LogP contribution is 2.31. The summed E-state index contributed by atoms with van der Waals surface area (Å²) in [6, 6.07) is 10.8. The van der Waals surface area contributed by atoms with Crippen molar-refractivity contribution >= 4 is 39.7 Å². The van der Waals surface area contributed by atoms with Crippen molar-refractivity contribution in [1.29, 1.82) is 0 Å². The van der Waals surface area contributed by atoms with Crippen molar-refractivity contribution in [3.05, 3.63) is 70.1 Å². The highest BCUT2D eigenvalue weighted by molar-refractivity contribution is 7.18. The van der Waals surface area contributed by atoms with Gasteiger partial charge in [0.05, 0.1) is 5.56 Å². The summed E-state index contributed by atoms with van der Waals surface area (Å²) >= 11 is 0.892. The monoisotopic (exact) mass is 518 g/mol. The molecule has 1 saturated heterocycles. The van der Waals surface area contributed by atoms with Crippen LogP contribution >= 0.6 is 11.3 Å². The number of ketones is 1. The maximum Gasteiger partial charge on any atom is 0.251 e. The predicted molar refractivity (Wildman–Crippen MR) is 141 cm³/mol. The normalized spacial score (nSPS) is 18.1. The summed E-state index contributed by atoms with van der Waals surface area (Å²) in [7, 11) is 0. The second kappa shape index (κ2) is 11.1. The van der Waals surface area contributed by atoms with Gasteiger partial charge in [0.1, 0.15) is 22.3 Å². The Morgan fingerprint density at radius 1 is 1.14 bits per heavy atom. The predicted octanol–water partition coefficient (Wildman–Crippen LogP) is 3.88. The SMILES string of the molecule is C[C@@H]1CN(CCNC(=O)c2ccc(Nc3nc(N)c(C(=O)c4c(F)cccc4F)s3)cc2)C[C@H](C)N1.[HH].[HH]. The number of nitrogens with one attached hydrogen (secondary N) is 3. The maximum absolute atomic E-state index is 14.0. The molecule has 4 rings (SSSR count). The average molecular weight is 519 g/mol. The molecule has 0 saturated carbocycles. The molecular formula is C25H32F2N6O2S. The molecule has 0 radical (unpaired) electrons. The number of anilines is 3. The Hall–Kier alpha value is -3.41. The summed E-state index contributed by atoms with van der Waals surface area (Å²) in [5.74, 6) is -3.10. The number of nitrogen functional groups attached to an aromatic ring is 1. The fraction of sp³-hybridized carbons (Fsp3) is 0.320. The van der Waals surface area contributed by atoms with Gasteiger partial charge < -0.3 is 21.7 Å². The number of halogens is 2. The minimum absolute atomic E-state index is 0. The van der Waals surface area contributed by atoms with Gasteiger partial charge >= 0.3 is 0 Å². The molecule has 8 nitrogen and oxygen atoms in total. The van der Waals surface area contributed by atoms with E-state index in [4.69, 9.17) is 5.73 Å². The second-order valence-electron chi connectivity index (χ2n) is 8.85. The van der Waals surface area contributed by atoms with Crippen LogP contribution < -0.4 is 21.7 Å². The molecule has 2 heterocycles. The standard InChI is InChI=1S/C25H28F2N6O2S.2H2/c1-14-12-33(13-15(2)30-14)11-10-29-24(35)16-6-8-17(9-7-16)31-25-32-23(28)22(36-25)21(34)20-18(26)4-3-5-19(20)27;;/h3-9,14-15,30H,10-13,28H2,1-2H3,(H,29,35)(H,31,32);2*1H/t14-,15+;;. The van der Waals surface area contributed by atoms with Crippen LogP contribution in [0, 0.1) is 11.6 Å². The molecule has 36 heavy (non-hydrogen) atoms. The number of piperazine rings is 1. The number of nitrogens with two attached hydrogens (primary N) is 1. The van der Waals surface area contributed by atoms with E-state index in [-0.39, 0.29) is 24.6 Å². The van der Waals surface area contributed by atoms with Gasteiger partial charge in [-0.2, -0.15) is 0 Å². The lowest BCUT2D eigenvalue weighted by Gasteiger charge is -2.36. The van der Waals surface area contributed by atoms with Gasteiger partial charge in [0, 0.05) is 52.4 Å². The van der Waals surface area contributed by atoms with Gasteiger partial charge in [-0.05, 0) is 50.2 Å². The molecule has 0 bridgehead atoms. The lowest BCUT2D eigenvalue weighted by Crippen LogP contribution is -2.55. The number of thiazole rings is 1. The van der Waals surface area contributed by atoms with E-state index >= 15 is 0 Å². The Bertz CT molecular complexity index is 1230. The minimum Gasteiger partial charge on any atom is -0.382 e. The third-order valence-corrected chi connectivity index (χ3v) is 6.78. The Morgan fingerprint density at radius 3 is 2.42 bits per heavy atom. The van der Waals surface area contributed by atoms with Crippen LogP contribution in [0.3, 0.4) is 0 Å². The summed E-state index contributed by atoms with van der Waals surface area (Å²) < 4.78 is 28.0. The summed E-state index contributed by atoms with van der Waals surface area (Å²) in [6.07, 6.45) is 0. The number of hydrogen-bond acceptors (Lipinski definition) is 8. The summed E-state index contributed by atoms with van der Waals surface area (Å²) in [6.45, 7) is 7.53. The molecule has 1 amide bonds. The summed E-state index contributed by atoms with van der Waals surface area (Å²) in [4.78, 5) is 31.5. The van der Waals surface area contributed by atoms with Crippen molar-refractivity contribution in [2.75, 3.05) is 37.2 Å². The number of carbonyl (C=O) groups is 2. The molecule has 0 unspecified atom stereocenters. The molecule has 5 N–H and O–H groups in total. The lowest BCUT2D eigenvalue weighted by molar-refractivity contribution is 0.0942. The Kier molecular flexibility index (Phi) is 7.92. The van der Waals surface area contributed by atoms with E-state index in [1.807, 2.05) is 0 Å².